The third kappa shape index (κ3) is 7.86. The van der Waals surface area contributed by atoms with Crippen molar-refractivity contribution in [2.75, 3.05) is 26.7 Å². The van der Waals surface area contributed by atoms with Gasteiger partial charge in [0, 0.05) is 0 Å². The number of carbonyl (C=O) groups excluding carboxylic acids is 2. The number of esters is 1. The lowest BCUT2D eigenvalue weighted by atomic mass is 10.3. The van der Waals surface area contributed by atoms with Crippen LogP contribution in [0.3, 0.4) is 0 Å². The summed E-state index contributed by atoms with van der Waals surface area (Å²) in [5.41, 5.74) is 5.16. The van der Waals surface area contributed by atoms with Gasteiger partial charge in [0.05, 0.1) is 12.6 Å². The van der Waals surface area contributed by atoms with Crippen LogP contribution in [-0.4, -0.2) is 50.1 Å². The van der Waals surface area contributed by atoms with E-state index >= 15 is 0 Å². The van der Waals surface area contributed by atoms with Crippen molar-refractivity contribution < 1.29 is 24.2 Å². The maximum atomic E-state index is 10.8. The first-order valence-corrected chi connectivity index (χ1v) is 4.50. The van der Waals surface area contributed by atoms with Crippen LogP contribution in [0.25, 0.3) is 0 Å². The Balaban J connectivity index is 3.61. The number of nitrogens with two attached hydrogens (primary N) is 1. The molecule has 88 valence electrons. The highest BCUT2D eigenvalue weighted by atomic mass is 16.7. The minimum absolute atomic E-state index is 0.0829. The van der Waals surface area contributed by atoms with E-state index in [9.17, 15) is 9.59 Å². The molecule has 0 aliphatic carbocycles. The number of likely N-dealkylation sites (N-methyl/N-ethyl adjacent to an activating group) is 1. The zero-order valence-corrected chi connectivity index (χ0v) is 8.56. The molecular weight excluding hydrogens is 204 g/mol. The average Bonchev–Trinajstić information content (AvgIpc) is 2.15. The number of ether oxygens (including phenoxy) is 2. The van der Waals surface area contributed by atoms with Crippen LogP contribution in [0.2, 0.25) is 0 Å². The molecule has 0 radical (unpaired) electrons. The highest BCUT2D eigenvalue weighted by Crippen LogP contribution is 1.93. The Morgan fingerprint density at radius 1 is 1.53 bits per heavy atom. The summed E-state index contributed by atoms with van der Waals surface area (Å²) in [7, 11) is 1.54. The Hall–Kier alpha value is -1.18. The first kappa shape index (κ1) is 13.8. The number of nitrogens with one attached hydrogen (secondary N) is 1. The van der Waals surface area contributed by atoms with Crippen LogP contribution >= 0.6 is 0 Å². The standard InChI is InChI=1S/C8H16N2O5/c1-10-4-7(12)15-8(13)14-5-6(11)2-3-9/h6,10-11H,2-5,9H2,1H3. The van der Waals surface area contributed by atoms with Crippen molar-refractivity contribution in [2.24, 2.45) is 5.73 Å². The summed E-state index contributed by atoms with van der Waals surface area (Å²) in [6.45, 7) is -0.0262. The van der Waals surface area contributed by atoms with E-state index in [0.717, 1.165) is 0 Å². The summed E-state index contributed by atoms with van der Waals surface area (Å²) in [4.78, 5) is 21.6. The number of aliphatic hydroxyl groups is 1. The van der Waals surface area contributed by atoms with Crippen LogP contribution in [0.1, 0.15) is 6.42 Å². The Labute approximate surface area is 87.5 Å². The Kier molecular flexibility index (Phi) is 7.51. The molecule has 4 N–H and O–H groups in total. The molecule has 0 amide bonds. The first-order valence-electron chi connectivity index (χ1n) is 4.50. The summed E-state index contributed by atoms with van der Waals surface area (Å²) >= 11 is 0. The summed E-state index contributed by atoms with van der Waals surface area (Å²) in [5.74, 6) is -0.740. The molecule has 0 spiro atoms. The number of carbonyl (C=O) groups is 2. The zero-order chi connectivity index (χ0) is 11.7. The molecule has 0 aromatic carbocycles. The molecule has 0 aliphatic rings. The maximum Gasteiger partial charge on any atom is 0.516 e. The highest BCUT2D eigenvalue weighted by Gasteiger charge is 2.12. The Morgan fingerprint density at radius 2 is 2.20 bits per heavy atom. The van der Waals surface area contributed by atoms with Gasteiger partial charge >= 0.3 is 12.1 Å². The summed E-state index contributed by atoms with van der Waals surface area (Å²) in [5, 5.41) is 11.6. The second-order valence-electron chi connectivity index (χ2n) is 2.80. The predicted octanol–water partition coefficient (Wildman–Crippen LogP) is -1.40. The van der Waals surface area contributed by atoms with Crippen LogP contribution in [-0.2, 0) is 14.3 Å². The fourth-order valence-electron chi connectivity index (χ4n) is 0.743. The van der Waals surface area contributed by atoms with Crippen LogP contribution < -0.4 is 11.1 Å². The fourth-order valence-corrected chi connectivity index (χ4v) is 0.743. The molecule has 0 aromatic rings. The molecule has 0 aliphatic heterocycles. The van der Waals surface area contributed by atoms with E-state index in [2.05, 4.69) is 14.8 Å². The number of rotatable bonds is 6. The monoisotopic (exact) mass is 220 g/mol. The second kappa shape index (κ2) is 8.16. The van der Waals surface area contributed by atoms with E-state index in [4.69, 9.17) is 10.8 Å². The average molecular weight is 220 g/mol. The third-order valence-corrected chi connectivity index (χ3v) is 1.41. The molecular formula is C8H16N2O5. The Bertz CT molecular complexity index is 209. The molecule has 15 heavy (non-hydrogen) atoms. The van der Waals surface area contributed by atoms with E-state index < -0.39 is 18.2 Å². The van der Waals surface area contributed by atoms with Crippen molar-refractivity contribution in [2.45, 2.75) is 12.5 Å². The van der Waals surface area contributed by atoms with Crippen LogP contribution in [0.15, 0.2) is 0 Å². The number of hydrogen-bond acceptors (Lipinski definition) is 7. The molecule has 0 heterocycles. The van der Waals surface area contributed by atoms with Gasteiger partial charge in [-0.2, -0.15) is 0 Å². The van der Waals surface area contributed by atoms with Gasteiger partial charge in [-0.15, -0.1) is 0 Å². The van der Waals surface area contributed by atoms with Crippen molar-refractivity contribution in [1.82, 2.24) is 5.32 Å². The van der Waals surface area contributed by atoms with Gasteiger partial charge in [-0.25, -0.2) is 4.79 Å². The Morgan fingerprint density at radius 3 is 2.73 bits per heavy atom. The van der Waals surface area contributed by atoms with Gasteiger partial charge in [0.2, 0.25) is 0 Å². The van der Waals surface area contributed by atoms with Gasteiger partial charge in [-0.3, -0.25) is 4.79 Å². The van der Waals surface area contributed by atoms with E-state index in [1.807, 2.05) is 0 Å². The summed E-state index contributed by atoms with van der Waals surface area (Å²) in [6.07, 6.45) is -1.63. The van der Waals surface area contributed by atoms with Crippen LogP contribution in [0, 0.1) is 0 Å². The topological polar surface area (TPSA) is 111 Å². The van der Waals surface area contributed by atoms with Gasteiger partial charge in [-0.1, -0.05) is 0 Å². The normalized spacial score (nSPS) is 11.9. The number of hydrogen-bond donors (Lipinski definition) is 3. The van der Waals surface area contributed by atoms with E-state index in [0.29, 0.717) is 6.42 Å². The van der Waals surface area contributed by atoms with E-state index in [1.165, 1.54) is 7.05 Å². The lowest BCUT2D eigenvalue weighted by Crippen LogP contribution is -2.26. The second-order valence-corrected chi connectivity index (χ2v) is 2.80. The van der Waals surface area contributed by atoms with Gasteiger partial charge in [-0.05, 0) is 20.0 Å². The van der Waals surface area contributed by atoms with Crippen molar-refractivity contribution in [3.8, 4) is 0 Å². The van der Waals surface area contributed by atoms with Crippen LogP contribution in [0.5, 0.6) is 0 Å². The molecule has 0 fully saturated rings. The third-order valence-electron chi connectivity index (χ3n) is 1.41. The maximum absolute atomic E-state index is 10.8. The van der Waals surface area contributed by atoms with Crippen LogP contribution in [0.4, 0.5) is 4.79 Å². The van der Waals surface area contributed by atoms with Crippen molar-refractivity contribution >= 4 is 12.1 Å². The lowest BCUT2D eigenvalue weighted by molar-refractivity contribution is -0.139. The molecule has 1 atom stereocenters. The molecule has 7 nitrogen and oxygen atoms in total. The lowest BCUT2D eigenvalue weighted by Gasteiger charge is -2.09. The molecule has 0 aromatic heterocycles. The minimum atomic E-state index is -1.12. The van der Waals surface area contributed by atoms with E-state index in [-0.39, 0.29) is 19.7 Å². The molecule has 0 saturated heterocycles. The fraction of sp³-hybridized carbons (Fsp3) is 0.750. The predicted molar refractivity (Wildman–Crippen MR) is 51.0 cm³/mol. The largest absolute Gasteiger partial charge is 0.516 e. The highest BCUT2D eigenvalue weighted by molar-refractivity contribution is 5.83. The van der Waals surface area contributed by atoms with E-state index in [1.54, 1.807) is 0 Å². The van der Waals surface area contributed by atoms with Gasteiger partial charge < -0.3 is 25.6 Å². The first-order chi connectivity index (χ1) is 7.10. The van der Waals surface area contributed by atoms with Gasteiger partial charge in [0.15, 0.2) is 0 Å². The van der Waals surface area contributed by atoms with Crippen molar-refractivity contribution in [3.63, 3.8) is 0 Å². The molecule has 0 rings (SSSR count). The molecule has 1 unspecified atom stereocenters. The quantitative estimate of drug-likeness (QED) is 0.372. The summed E-state index contributed by atoms with van der Waals surface area (Å²) < 4.78 is 8.67. The molecule has 7 heteroatoms. The minimum Gasteiger partial charge on any atom is -0.431 e. The van der Waals surface area contributed by atoms with Crippen molar-refractivity contribution in [3.05, 3.63) is 0 Å². The molecule has 0 saturated carbocycles. The zero-order valence-electron chi connectivity index (χ0n) is 8.56. The van der Waals surface area contributed by atoms with Gasteiger partial charge in [0.1, 0.15) is 6.61 Å². The smallest absolute Gasteiger partial charge is 0.431 e. The van der Waals surface area contributed by atoms with Gasteiger partial charge in [0.25, 0.3) is 0 Å². The SMILES string of the molecule is CNCC(=O)OC(=O)OCC(O)CCN. The van der Waals surface area contributed by atoms with Crippen molar-refractivity contribution in [1.29, 1.82) is 0 Å². The summed E-state index contributed by atoms with van der Waals surface area (Å²) in [6, 6.07) is 0. The number of aliphatic hydroxyl groups excluding tert-OH is 1. The molecule has 0 bridgehead atoms.